The molecule has 0 bridgehead atoms. The minimum absolute atomic E-state index is 0.00998. The first-order valence-corrected chi connectivity index (χ1v) is 27.2. The lowest BCUT2D eigenvalue weighted by Crippen LogP contribution is -2.70. The van der Waals surface area contributed by atoms with E-state index in [1.165, 1.54) is 30.3 Å². The molecule has 2 aliphatic carbocycles. The predicted molar refractivity (Wildman–Crippen MR) is 298 cm³/mol. The molecule has 6 unspecified atom stereocenters. The predicted octanol–water partition coefficient (Wildman–Crippen LogP) is 12.7. The number of non-ortho nitro benzene ring substituents is 2. The van der Waals surface area contributed by atoms with E-state index >= 15 is 4.79 Å². The number of oxime groups is 1. The van der Waals surface area contributed by atoms with Gasteiger partial charge < -0.3 is 34.2 Å². The standard InChI is InChI=1S/C61H62N4O11S/c1-3-35-73-61-57(63(39-45-14-10-13-43-11-4-5-15-51(43)45)58(68)32-21-41-17-22-46(23-18-41)64(69)70)38-55(62-74-40-42-19-24-47(25-20-42)65(71)72)53-36-44(12-6-8-33-66)52(16-7-9-34-67)59(60(53)61)54-37-49(28-31-56(54)76-61)75-48-26-29-50(77-2)30-27-48/h3-5,10-11,13-15,17-32,36-37,44,52,57,59-60,66-67H,1,6-9,12,16,33-35,38-40H2,2H3. The number of ether oxygens (including phenoxy) is 3. The Morgan fingerprint density at radius 2 is 1.55 bits per heavy atom. The van der Waals surface area contributed by atoms with Crippen LogP contribution in [-0.2, 0) is 27.5 Å². The number of benzene rings is 6. The molecular weight excluding hydrogens is 997 g/mol. The number of carbonyl (C=O) groups is 1. The Kier molecular flexibility index (Phi) is 17.6. The number of fused-ring (bicyclic) bond motifs is 3. The summed E-state index contributed by atoms with van der Waals surface area (Å²) in [5, 5.41) is 50.3. The smallest absolute Gasteiger partial charge is 0.269 e. The molecular formula is C61H62N4O11S. The van der Waals surface area contributed by atoms with Crippen LogP contribution in [0.3, 0.4) is 0 Å². The van der Waals surface area contributed by atoms with Crippen molar-refractivity contribution in [1.29, 1.82) is 0 Å². The molecule has 9 rings (SSSR count). The second-order valence-electron chi connectivity index (χ2n) is 19.5. The zero-order valence-electron chi connectivity index (χ0n) is 42.9. The average molecular weight is 1060 g/mol. The van der Waals surface area contributed by atoms with Gasteiger partial charge in [-0.2, -0.15) is 0 Å². The summed E-state index contributed by atoms with van der Waals surface area (Å²) in [4.78, 5) is 47.0. The average Bonchev–Trinajstić information content (AvgIpc) is 3.61. The highest BCUT2D eigenvalue weighted by molar-refractivity contribution is 7.98. The largest absolute Gasteiger partial charge is 0.459 e. The van der Waals surface area contributed by atoms with Crippen LogP contribution in [-0.4, -0.2) is 74.5 Å². The maximum atomic E-state index is 15.6. The number of thioether (sulfide) groups is 1. The van der Waals surface area contributed by atoms with Crippen molar-refractivity contribution in [3.63, 3.8) is 0 Å². The molecule has 6 atom stereocenters. The molecule has 6 aromatic rings. The van der Waals surface area contributed by atoms with Gasteiger partial charge in [0.2, 0.25) is 11.7 Å². The van der Waals surface area contributed by atoms with Crippen LogP contribution in [0.2, 0.25) is 0 Å². The zero-order valence-corrected chi connectivity index (χ0v) is 43.7. The summed E-state index contributed by atoms with van der Waals surface area (Å²) < 4.78 is 21.4. The van der Waals surface area contributed by atoms with Crippen LogP contribution < -0.4 is 9.47 Å². The fourth-order valence-electron chi connectivity index (χ4n) is 11.3. The van der Waals surface area contributed by atoms with E-state index < -0.39 is 27.6 Å². The highest BCUT2D eigenvalue weighted by Crippen LogP contribution is 2.62. The van der Waals surface area contributed by atoms with E-state index in [2.05, 4.69) is 12.7 Å². The third-order valence-corrected chi connectivity index (χ3v) is 15.6. The number of hydrogen-bond donors (Lipinski definition) is 2. The van der Waals surface area contributed by atoms with E-state index in [-0.39, 0.29) is 74.4 Å². The van der Waals surface area contributed by atoms with Crippen LogP contribution >= 0.6 is 11.8 Å². The molecule has 1 amide bonds. The summed E-state index contributed by atoms with van der Waals surface area (Å²) in [7, 11) is 0. The highest BCUT2D eigenvalue weighted by atomic mass is 32.2. The molecule has 15 nitrogen and oxygen atoms in total. The maximum absolute atomic E-state index is 15.6. The van der Waals surface area contributed by atoms with Crippen molar-refractivity contribution >= 4 is 51.6 Å². The number of unbranched alkanes of at least 4 members (excludes halogenated alkanes) is 2. The first-order valence-electron chi connectivity index (χ1n) is 26.0. The van der Waals surface area contributed by atoms with Crippen molar-refractivity contribution in [2.75, 3.05) is 26.1 Å². The number of amides is 1. The molecule has 1 fully saturated rings. The highest BCUT2D eigenvalue weighted by Gasteiger charge is 2.65. The first kappa shape index (κ1) is 54.2. The molecule has 1 saturated carbocycles. The Hall–Kier alpha value is -7.63. The van der Waals surface area contributed by atoms with Crippen molar-refractivity contribution in [3.05, 3.63) is 206 Å². The SMILES string of the molecule is C=CCOC12Oc3ccc(Oc4ccc(SC)cc4)cc3C3C(CCCCO)C(CCCCO)C=C(C(=NOCc4ccc([N+](=O)[O-])cc4)CC1N(Cc1cccc4ccccc14)C(=O)C=Cc1ccc([N+](=O)[O-])cc1)C32. The third-order valence-electron chi connectivity index (χ3n) is 14.9. The summed E-state index contributed by atoms with van der Waals surface area (Å²) >= 11 is 1.64. The van der Waals surface area contributed by atoms with Gasteiger partial charge >= 0.3 is 0 Å². The number of hydrogen-bond acceptors (Lipinski definition) is 13. The lowest BCUT2D eigenvalue weighted by molar-refractivity contribution is -0.385. The Morgan fingerprint density at radius 1 is 0.857 bits per heavy atom. The van der Waals surface area contributed by atoms with Crippen LogP contribution in [0.4, 0.5) is 11.4 Å². The van der Waals surface area contributed by atoms with Crippen LogP contribution in [0.25, 0.3) is 16.8 Å². The van der Waals surface area contributed by atoms with Crippen molar-refractivity contribution in [2.45, 2.75) is 80.7 Å². The fraction of sp³-hybridized carbons (Fsp3) is 0.311. The lowest BCUT2D eigenvalue weighted by Gasteiger charge is -2.60. The van der Waals surface area contributed by atoms with Crippen LogP contribution in [0, 0.1) is 38.0 Å². The van der Waals surface area contributed by atoms with Crippen molar-refractivity contribution < 1.29 is 43.9 Å². The second-order valence-corrected chi connectivity index (χ2v) is 20.4. The minimum Gasteiger partial charge on any atom is -0.459 e. The van der Waals surface area contributed by atoms with Crippen molar-refractivity contribution in [3.8, 4) is 17.2 Å². The number of nitro groups is 2. The normalized spacial score (nSPS) is 20.9. The second kappa shape index (κ2) is 25.0. The number of carbonyl (C=O) groups excluding carboxylic acids is 1. The van der Waals surface area contributed by atoms with Gasteiger partial charge in [-0.15, -0.1) is 18.3 Å². The first-order chi connectivity index (χ1) is 37.5. The molecule has 1 aliphatic heterocycles. The number of aliphatic hydroxyl groups is 2. The Labute approximate surface area is 451 Å². The topological polar surface area (TPSA) is 196 Å². The molecule has 3 aliphatic rings. The van der Waals surface area contributed by atoms with Crippen molar-refractivity contribution in [2.24, 2.45) is 22.9 Å². The summed E-state index contributed by atoms with van der Waals surface area (Å²) in [6.45, 7) is 4.30. The van der Waals surface area contributed by atoms with E-state index in [0.717, 1.165) is 58.1 Å². The number of aliphatic hydroxyl groups excluding tert-OH is 2. The molecule has 0 saturated heterocycles. The van der Waals surface area contributed by atoms with Gasteiger partial charge in [0.05, 0.1) is 28.1 Å². The fourth-order valence-corrected chi connectivity index (χ4v) is 11.7. The van der Waals surface area contributed by atoms with Crippen LogP contribution in [0.15, 0.2) is 174 Å². The summed E-state index contributed by atoms with van der Waals surface area (Å²) in [6, 6.07) is 38.9. The van der Waals surface area contributed by atoms with E-state index in [0.29, 0.717) is 46.9 Å². The Balaban J connectivity index is 1.26. The minimum atomic E-state index is -1.60. The number of rotatable bonds is 24. The molecule has 0 radical (unpaired) electrons. The van der Waals surface area contributed by atoms with Gasteiger partial charge in [-0.05, 0) is 150 Å². The zero-order chi connectivity index (χ0) is 53.9. The van der Waals surface area contributed by atoms with Gasteiger partial charge in [0, 0.05) is 72.9 Å². The maximum Gasteiger partial charge on any atom is 0.269 e. The summed E-state index contributed by atoms with van der Waals surface area (Å²) in [5.74, 6) is -1.27. The van der Waals surface area contributed by atoms with Gasteiger partial charge in [-0.25, -0.2) is 0 Å². The third kappa shape index (κ3) is 12.2. The van der Waals surface area contributed by atoms with Crippen LogP contribution in [0.1, 0.15) is 73.1 Å². The van der Waals surface area contributed by atoms with E-state index in [1.54, 1.807) is 53.1 Å². The molecule has 0 spiro atoms. The van der Waals surface area contributed by atoms with E-state index in [1.807, 2.05) is 91.2 Å². The van der Waals surface area contributed by atoms with Gasteiger partial charge in [0.25, 0.3) is 11.4 Å². The molecule has 16 heteroatoms. The van der Waals surface area contributed by atoms with Gasteiger partial charge in [0.15, 0.2) is 0 Å². The summed E-state index contributed by atoms with van der Waals surface area (Å²) in [6.07, 6.45) is 13.3. The van der Waals surface area contributed by atoms with Crippen LogP contribution in [0.5, 0.6) is 17.2 Å². The Morgan fingerprint density at radius 3 is 2.25 bits per heavy atom. The van der Waals surface area contributed by atoms with Gasteiger partial charge in [0.1, 0.15) is 29.9 Å². The molecule has 1 heterocycles. The lowest BCUT2D eigenvalue weighted by atomic mass is 9.55. The Bertz CT molecular complexity index is 3160. The molecule has 2 N–H and O–H groups in total. The number of nitrogens with zero attached hydrogens (tertiary/aromatic N) is 4. The van der Waals surface area contributed by atoms with E-state index in [9.17, 15) is 30.4 Å². The molecule has 77 heavy (non-hydrogen) atoms. The van der Waals surface area contributed by atoms with Gasteiger partial charge in [-0.1, -0.05) is 72.6 Å². The van der Waals surface area contributed by atoms with Crippen molar-refractivity contribution in [1.82, 2.24) is 4.90 Å². The van der Waals surface area contributed by atoms with Gasteiger partial charge in [-0.3, -0.25) is 25.0 Å². The molecule has 398 valence electrons. The summed E-state index contributed by atoms with van der Waals surface area (Å²) in [5.41, 5.74) is 4.25. The number of allylic oxidation sites excluding steroid dienone is 1. The molecule has 0 aromatic heterocycles. The molecule has 6 aromatic carbocycles. The number of nitro benzene ring substituents is 2. The monoisotopic (exact) mass is 1060 g/mol. The quantitative estimate of drug-likeness (QED) is 0.0146. The van der Waals surface area contributed by atoms with E-state index in [4.69, 9.17) is 24.2 Å².